The highest BCUT2D eigenvalue weighted by Gasteiger charge is 2.23. The summed E-state index contributed by atoms with van der Waals surface area (Å²) in [5.41, 5.74) is 0. The first-order valence-corrected chi connectivity index (χ1v) is 7.46. The molecule has 0 aromatic heterocycles. The highest BCUT2D eigenvalue weighted by Crippen LogP contribution is 2.21. The van der Waals surface area contributed by atoms with E-state index >= 15 is 0 Å². The summed E-state index contributed by atoms with van der Waals surface area (Å²) in [4.78, 5) is 42.4. The molecule has 2 atom stereocenters. The van der Waals surface area contributed by atoms with E-state index in [1.165, 1.54) is 0 Å². The van der Waals surface area contributed by atoms with Crippen molar-refractivity contribution in [3.63, 3.8) is 0 Å². The molecule has 0 rings (SSSR count). The van der Waals surface area contributed by atoms with Crippen molar-refractivity contribution in [3.05, 3.63) is 0 Å². The van der Waals surface area contributed by atoms with E-state index in [1.54, 1.807) is 0 Å². The summed E-state index contributed by atoms with van der Waals surface area (Å²) >= 11 is 1.78. The van der Waals surface area contributed by atoms with Crippen molar-refractivity contribution >= 4 is 47.4 Å². The fraction of sp³-hybridized carbons (Fsp3) is 0.600. The molecule has 0 aliphatic rings. The van der Waals surface area contributed by atoms with E-state index in [-0.39, 0.29) is 11.5 Å². The molecule has 0 saturated carbocycles. The summed E-state index contributed by atoms with van der Waals surface area (Å²) < 4.78 is 0. The summed E-state index contributed by atoms with van der Waals surface area (Å²) in [6, 6.07) is 0. The van der Waals surface area contributed by atoms with E-state index in [0.29, 0.717) is 0 Å². The predicted octanol–water partition coefficient (Wildman–Crippen LogP) is 0.309. The van der Waals surface area contributed by atoms with E-state index in [4.69, 9.17) is 20.4 Å². The molecule has 0 aromatic rings. The van der Waals surface area contributed by atoms with Crippen LogP contribution in [0.25, 0.3) is 0 Å². The number of carboxylic acid groups (broad SMARTS) is 4. The number of carboxylic acids is 4. The Balaban J connectivity index is 4.13. The maximum absolute atomic E-state index is 10.8. The first kappa shape index (κ1) is 18.6. The van der Waals surface area contributed by atoms with Gasteiger partial charge in [-0.15, -0.1) is 23.5 Å². The predicted molar refractivity (Wildman–Crippen MR) is 72.3 cm³/mol. The summed E-state index contributed by atoms with van der Waals surface area (Å²) in [6.07, 6.45) is -1.05. The quantitative estimate of drug-likeness (QED) is 0.391. The lowest BCUT2D eigenvalue weighted by atomic mass is 10.3. The standard InChI is InChI=1S/C10H14O8S2/c11-7(12)3-5(9(15)16)19-1-2-20-6(10(17)18)4-8(13)14/h5-6H,1-4H2,(H,11,12)(H,13,14)(H,15,16)(H,17,18). The normalized spacial score (nSPS) is 13.4. The van der Waals surface area contributed by atoms with E-state index < -0.39 is 47.2 Å². The summed E-state index contributed by atoms with van der Waals surface area (Å²) in [7, 11) is 0. The smallest absolute Gasteiger partial charge is 0.317 e. The van der Waals surface area contributed by atoms with Gasteiger partial charge in [-0.25, -0.2) is 0 Å². The van der Waals surface area contributed by atoms with Crippen LogP contribution in [0.3, 0.4) is 0 Å². The maximum atomic E-state index is 10.8. The molecule has 2 unspecified atom stereocenters. The van der Waals surface area contributed by atoms with Crippen molar-refractivity contribution < 1.29 is 39.6 Å². The molecule has 0 bridgehead atoms. The van der Waals surface area contributed by atoms with E-state index in [1.807, 2.05) is 0 Å². The van der Waals surface area contributed by atoms with Crippen LogP contribution in [-0.2, 0) is 19.2 Å². The third-order valence-electron chi connectivity index (χ3n) is 1.99. The Morgan fingerprint density at radius 3 is 1.20 bits per heavy atom. The molecule has 0 aliphatic heterocycles. The molecule has 8 nitrogen and oxygen atoms in total. The van der Waals surface area contributed by atoms with Gasteiger partial charge in [0.05, 0.1) is 12.8 Å². The SMILES string of the molecule is O=C(O)CC(SCCSC(CC(=O)O)C(=O)O)C(=O)O. The molecular weight excluding hydrogens is 312 g/mol. The first-order valence-electron chi connectivity index (χ1n) is 5.36. The molecule has 0 aliphatic carbocycles. The maximum Gasteiger partial charge on any atom is 0.317 e. The summed E-state index contributed by atoms with van der Waals surface area (Å²) in [5.74, 6) is -4.51. The third-order valence-corrected chi connectivity index (χ3v) is 4.67. The number of hydrogen-bond donors (Lipinski definition) is 4. The molecule has 0 amide bonds. The molecule has 0 fully saturated rings. The molecular formula is C10H14O8S2. The minimum absolute atomic E-state index is 0.221. The first-order chi connectivity index (χ1) is 9.23. The van der Waals surface area contributed by atoms with Gasteiger partial charge < -0.3 is 20.4 Å². The van der Waals surface area contributed by atoms with Gasteiger partial charge in [-0.1, -0.05) is 0 Å². The van der Waals surface area contributed by atoms with Crippen molar-refractivity contribution in [2.24, 2.45) is 0 Å². The topological polar surface area (TPSA) is 149 Å². The van der Waals surface area contributed by atoms with E-state index in [9.17, 15) is 19.2 Å². The van der Waals surface area contributed by atoms with Crippen molar-refractivity contribution in [1.29, 1.82) is 0 Å². The van der Waals surface area contributed by atoms with E-state index in [2.05, 4.69) is 0 Å². The van der Waals surface area contributed by atoms with Gasteiger partial charge in [-0.3, -0.25) is 19.2 Å². The van der Waals surface area contributed by atoms with Gasteiger partial charge in [-0.05, 0) is 0 Å². The molecule has 114 valence electrons. The highest BCUT2D eigenvalue weighted by molar-refractivity contribution is 8.04. The van der Waals surface area contributed by atoms with Gasteiger partial charge in [0, 0.05) is 11.5 Å². The third kappa shape index (κ3) is 8.64. The van der Waals surface area contributed by atoms with Crippen LogP contribution in [0.5, 0.6) is 0 Å². The second-order valence-corrected chi connectivity index (χ2v) is 6.21. The van der Waals surface area contributed by atoms with Crippen molar-refractivity contribution in [2.45, 2.75) is 23.3 Å². The van der Waals surface area contributed by atoms with Crippen molar-refractivity contribution in [2.75, 3.05) is 11.5 Å². The fourth-order valence-corrected chi connectivity index (χ4v) is 3.28. The monoisotopic (exact) mass is 326 g/mol. The fourth-order valence-electron chi connectivity index (χ4n) is 1.13. The van der Waals surface area contributed by atoms with Gasteiger partial charge in [0.15, 0.2) is 0 Å². The van der Waals surface area contributed by atoms with Crippen molar-refractivity contribution in [3.8, 4) is 0 Å². The Bertz CT molecular complexity index is 347. The van der Waals surface area contributed by atoms with Crippen LogP contribution in [0.1, 0.15) is 12.8 Å². The molecule has 4 N–H and O–H groups in total. The lowest BCUT2D eigenvalue weighted by Crippen LogP contribution is -2.22. The van der Waals surface area contributed by atoms with Gasteiger partial charge in [0.1, 0.15) is 10.5 Å². The van der Waals surface area contributed by atoms with Crippen LogP contribution in [0.4, 0.5) is 0 Å². The lowest BCUT2D eigenvalue weighted by Gasteiger charge is -2.11. The van der Waals surface area contributed by atoms with Crippen LogP contribution in [-0.4, -0.2) is 66.3 Å². The Hall–Kier alpha value is -1.42. The number of hydrogen-bond acceptors (Lipinski definition) is 6. The van der Waals surface area contributed by atoms with Gasteiger partial charge in [0.25, 0.3) is 0 Å². The van der Waals surface area contributed by atoms with Crippen LogP contribution in [0, 0.1) is 0 Å². The number of thioether (sulfide) groups is 2. The molecule has 0 aromatic carbocycles. The van der Waals surface area contributed by atoms with Gasteiger partial charge in [0.2, 0.25) is 0 Å². The highest BCUT2D eigenvalue weighted by atomic mass is 32.2. The zero-order chi connectivity index (χ0) is 15.7. The molecule has 10 heteroatoms. The lowest BCUT2D eigenvalue weighted by molar-refractivity contribution is -0.142. The number of aliphatic carboxylic acids is 4. The van der Waals surface area contributed by atoms with Crippen LogP contribution in [0.15, 0.2) is 0 Å². The van der Waals surface area contributed by atoms with Gasteiger partial charge >= 0.3 is 23.9 Å². The Labute approximate surface area is 122 Å². The summed E-state index contributed by atoms with van der Waals surface area (Å²) in [6.45, 7) is 0. The summed E-state index contributed by atoms with van der Waals surface area (Å²) in [5, 5.41) is 32.4. The molecule has 0 radical (unpaired) electrons. The van der Waals surface area contributed by atoms with Crippen LogP contribution in [0.2, 0.25) is 0 Å². The number of rotatable bonds is 11. The largest absolute Gasteiger partial charge is 0.481 e. The molecule has 20 heavy (non-hydrogen) atoms. The average molecular weight is 326 g/mol. The van der Waals surface area contributed by atoms with Crippen LogP contribution < -0.4 is 0 Å². The van der Waals surface area contributed by atoms with Crippen molar-refractivity contribution in [1.82, 2.24) is 0 Å². The number of carbonyl (C=O) groups is 4. The van der Waals surface area contributed by atoms with Crippen LogP contribution >= 0.6 is 23.5 Å². The zero-order valence-electron chi connectivity index (χ0n) is 10.2. The van der Waals surface area contributed by atoms with Gasteiger partial charge in [-0.2, -0.15) is 0 Å². The second-order valence-electron chi connectivity index (χ2n) is 3.59. The molecule has 0 spiro atoms. The van der Waals surface area contributed by atoms with E-state index in [0.717, 1.165) is 23.5 Å². The Kier molecular flexibility index (Phi) is 8.81. The molecule has 0 saturated heterocycles. The minimum atomic E-state index is -1.25. The molecule has 0 heterocycles. The zero-order valence-corrected chi connectivity index (χ0v) is 11.9. The Morgan fingerprint density at radius 1 is 0.700 bits per heavy atom. The minimum Gasteiger partial charge on any atom is -0.481 e. The second kappa shape index (κ2) is 9.48. The Morgan fingerprint density at radius 2 is 1.00 bits per heavy atom. The average Bonchev–Trinajstić information content (AvgIpc) is 2.29.